The molecule has 0 bridgehead atoms. The van der Waals surface area contributed by atoms with E-state index in [9.17, 15) is 15.0 Å². The lowest BCUT2D eigenvalue weighted by atomic mass is 10.0. The Labute approximate surface area is 340 Å². The van der Waals surface area contributed by atoms with Crippen molar-refractivity contribution in [2.75, 3.05) is 6.61 Å². The third-order valence-corrected chi connectivity index (χ3v) is 12.1. The van der Waals surface area contributed by atoms with E-state index in [2.05, 4.69) is 19.2 Å². The van der Waals surface area contributed by atoms with Crippen LogP contribution in [0.2, 0.25) is 0 Å². The Morgan fingerprint density at radius 3 is 0.833 bits per heavy atom. The zero-order valence-electron chi connectivity index (χ0n) is 37.3. The molecular formula is C50H101NO3. The van der Waals surface area contributed by atoms with Crippen molar-refractivity contribution in [2.24, 2.45) is 0 Å². The van der Waals surface area contributed by atoms with E-state index in [1.165, 1.54) is 244 Å². The monoisotopic (exact) mass is 764 g/mol. The van der Waals surface area contributed by atoms with Crippen molar-refractivity contribution in [1.82, 2.24) is 5.32 Å². The third kappa shape index (κ3) is 42.5. The summed E-state index contributed by atoms with van der Waals surface area (Å²) in [4.78, 5) is 12.4. The van der Waals surface area contributed by atoms with Crippen LogP contribution in [0.15, 0.2) is 0 Å². The maximum Gasteiger partial charge on any atom is 0.220 e. The zero-order valence-corrected chi connectivity index (χ0v) is 37.3. The summed E-state index contributed by atoms with van der Waals surface area (Å²) in [5.74, 6) is -0.0242. The summed E-state index contributed by atoms with van der Waals surface area (Å²) >= 11 is 0. The van der Waals surface area contributed by atoms with Gasteiger partial charge < -0.3 is 15.5 Å². The standard InChI is InChI=1S/C50H101NO3/c1-3-5-7-9-11-13-15-17-19-20-21-22-23-24-25-26-27-28-29-30-31-32-34-36-38-40-42-44-46-50(54)51-48(47-52)49(53)45-43-41-39-37-35-33-18-16-14-12-10-8-6-4-2/h48-49,52-53H,3-47H2,1-2H3,(H,51,54)/t48-,49+/m0/s1. The minimum atomic E-state index is -0.653. The summed E-state index contributed by atoms with van der Waals surface area (Å²) in [5.41, 5.74) is 0. The molecule has 0 fully saturated rings. The second kappa shape index (κ2) is 46.8. The molecular weight excluding hydrogens is 663 g/mol. The topological polar surface area (TPSA) is 69.6 Å². The van der Waals surface area contributed by atoms with Crippen LogP contribution in [0.5, 0.6) is 0 Å². The van der Waals surface area contributed by atoms with Crippen molar-refractivity contribution in [2.45, 2.75) is 309 Å². The van der Waals surface area contributed by atoms with Gasteiger partial charge in [0.1, 0.15) is 0 Å². The van der Waals surface area contributed by atoms with Gasteiger partial charge in [0.2, 0.25) is 5.91 Å². The van der Waals surface area contributed by atoms with Crippen LogP contribution >= 0.6 is 0 Å². The van der Waals surface area contributed by atoms with Gasteiger partial charge in [-0.05, 0) is 12.8 Å². The molecule has 1 amide bonds. The SMILES string of the molecule is CCCCCCCCCCCCCCCCCCCCCCCCCCCCCCC(=O)N[C@@H](CO)[C@H](O)CCCCCCCCCCCCCCCC. The molecule has 0 aliphatic heterocycles. The van der Waals surface area contributed by atoms with E-state index in [0.717, 1.165) is 25.7 Å². The second-order valence-electron chi connectivity index (χ2n) is 17.6. The van der Waals surface area contributed by atoms with E-state index in [0.29, 0.717) is 12.8 Å². The van der Waals surface area contributed by atoms with Gasteiger partial charge in [0, 0.05) is 6.42 Å². The number of carbonyl (C=O) groups is 1. The van der Waals surface area contributed by atoms with Crippen LogP contribution in [0.4, 0.5) is 0 Å². The van der Waals surface area contributed by atoms with Crippen molar-refractivity contribution < 1.29 is 15.0 Å². The third-order valence-electron chi connectivity index (χ3n) is 12.1. The van der Waals surface area contributed by atoms with E-state index < -0.39 is 12.1 Å². The number of unbranched alkanes of at least 4 members (excludes halogenated alkanes) is 40. The van der Waals surface area contributed by atoms with Crippen molar-refractivity contribution in [3.05, 3.63) is 0 Å². The smallest absolute Gasteiger partial charge is 0.220 e. The lowest BCUT2D eigenvalue weighted by Crippen LogP contribution is -2.45. The Kier molecular flexibility index (Phi) is 46.2. The molecule has 0 rings (SSSR count). The van der Waals surface area contributed by atoms with Gasteiger partial charge in [0.15, 0.2) is 0 Å². The highest BCUT2D eigenvalue weighted by molar-refractivity contribution is 5.76. The average Bonchev–Trinajstić information content (AvgIpc) is 3.18. The molecule has 4 nitrogen and oxygen atoms in total. The molecule has 0 unspecified atom stereocenters. The van der Waals surface area contributed by atoms with Crippen LogP contribution in [-0.4, -0.2) is 34.9 Å². The van der Waals surface area contributed by atoms with Crippen molar-refractivity contribution >= 4 is 5.91 Å². The van der Waals surface area contributed by atoms with Gasteiger partial charge in [-0.1, -0.05) is 277 Å². The molecule has 0 aromatic heterocycles. The molecule has 0 heterocycles. The van der Waals surface area contributed by atoms with Gasteiger partial charge in [0.25, 0.3) is 0 Å². The molecule has 0 saturated heterocycles. The summed E-state index contributed by atoms with van der Waals surface area (Å²) in [6.45, 7) is 4.39. The summed E-state index contributed by atoms with van der Waals surface area (Å²) in [7, 11) is 0. The van der Waals surface area contributed by atoms with Gasteiger partial charge in [-0.15, -0.1) is 0 Å². The first-order valence-corrected chi connectivity index (χ1v) is 25.2. The average molecular weight is 764 g/mol. The molecule has 324 valence electrons. The first kappa shape index (κ1) is 53.4. The number of amides is 1. The number of nitrogens with one attached hydrogen (secondary N) is 1. The molecule has 4 heteroatoms. The van der Waals surface area contributed by atoms with E-state index >= 15 is 0 Å². The van der Waals surface area contributed by atoms with Crippen molar-refractivity contribution in [3.63, 3.8) is 0 Å². The van der Waals surface area contributed by atoms with Gasteiger partial charge in [-0.3, -0.25) is 4.79 Å². The molecule has 3 N–H and O–H groups in total. The fourth-order valence-corrected chi connectivity index (χ4v) is 8.25. The van der Waals surface area contributed by atoms with Gasteiger partial charge in [-0.2, -0.15) is 0 Å². The van der Waals surface area contributed by atoms with Gasteiger partial charge in [0.05, 0.1) is 18.8 Å². The number of aliphatic hydroxyl groups excluding tert-OH is 2. The molecule has 0 radical (unpaired) electrons. The Morgan fingerprint density at radius 2 is 0.593 bits per heavy atom. The highest BCUT2D eigenvalue weighted by Crippen LogP contribution is 2.18. The van der Waals surface area contributed by atoms with Crippen LogP contribution in [-0.2, 0) is 4.79 Å². The molecule has 0 spiro atoms. The predicted octanol–water partition coefficient (Wildman–Crippen LogP) is 16.0. The summed E-state index contributed by atoms with van der Waals surface area (Å²) < 4.78 is 0. The van der Waals surface area contributed by atoms with Gasteiger partial charge in [-0.25, -0.2) is 0 Å². The first-order valence-electron chi connectivity index (χ1n) is 25.2. The van der Waals surface area contributed by atoms with Crippen molar-refractivity contribution in [1.29, 1.82) is 0 Å². The number of hydrogen-bond donors (Lipinski definition) is 3. The van der Waals surface area contributed by atoms with Crippen LogP contribution in [0.1, 0.15) is 296 Å². The van der Waals surface area contributed by atoms with E-state index in [-0.39, 0.29) is 12.5 Å². The summed E-state index contributed by atoms with van der Waals surface area (Å²) in [6, 6.07) is -0.529. The minimum absolute atomic E-state index is 0.0242. The van der Waals surface area contributed by atoms with E-state index in [4.69, 9.17) is 0 Å². The number of hydrogen-bond acceptors (Lipinski definition) is 3. The molecule has 0 aromatic carbocycles. The fourth-order valence-electron chi connectivity index (χ4n) is 8.25. The van der Waals surface area contributed by atoms with Crippen LogP contribution in [0.25, 0.3) is 0 Å². The Balaban J connectivity index is 3.38. The summed E-state index contributed by atoms with van der Waals surface area (Å²) in [6.07, 6.45) is 57.9. The number of aliphatic hydroxyl groups is 2. The van der Waals surface area contributed by atoms with Crippen LogP contribution in [0.3, 0.4) is 0 Å². The second-order valence-corrected chi connectivity index (χ2v) is 17.6. The Morgan fingerprint density at radius 1 is 0.370 bits per heavy atom. The molecule has 0 aliphatic carbocycles. The van der Waals surface area contributed by atoms with Gasteiger partial charge >= 0.3 is 0 Å². The Hall–Kier alpha value is -0.610. The molecule has 54 heavy (non-hydrogen) atoms. The van der Waals surface area contributed by atoms with Crippen LogP contribution < -0.4 is 5.32 Å². The quantitative estimate of drug-likeness (QED) is 0.0541. The maximum atomic E-state index is 12.4. The normalized spacial score (nSPS) is 12.7. The van der Waals surface area contributed by atoms with E-state index in [1.807, 2.05) is 0 Å². The molecule has 0 saturated carbocycles. The molecule has 0 aliphatic rings. The predicted molar refractivity (Wildman–Crippen MR) is 240 cm³/mol. The number of carbonyl (C=O) groups excluding carboxylic acids is 1. The minimum Gasteiger partial charge on any atom is -0.394 e. The number of rotatable bonds is 47. The maximum absolute atomic E-state index is 12.4. The molecule has 0 aromatic rings. The molecule has 2 atom stereocenters. The Bertz CT molecular complexity index is 699. The summed E-state index contributed by atoms with van der Waals surface area (Å²) in [5, 5.41) is 23.2. The largest absolute Gasteiger partial charge is 0.394 e. The van der Waals surface area contributed by atoms with E-state index in [1.54, 1.807) is 0 Å². The first-order chi connectivity index (χ1) is 26.7. The van der Waals surface area contributed by atoms with Crippen molar-refractivity contribution in [3.8, 4) is 0 Å². The lowest BCUT2D eigenvalue weighted by molar-refractivity contribution is -0.123. The highest BCUT2D eigenvalue weighted by atomic mass is 16.3. The highest BCUT2D eigenvalue weighted by Gasteiger charge is 2.20. The lowest BCUT2D eigenvalue weighted by Gasteiger charge is -2.22. The van der Waals surface area contributed by atoms with Crippen LogP contribution in [0, 0.1) is 0 Å². The zero-order chi connectivity index (χ0) is 39.3. The fraction of sp³-hybridized carbons (Fsp3) is 0.980.